The molecule has 0 aromatic heterocycles. The molecule has 2 nitrogen and oxygen atoms in total. The van der Waals surface area contributed by atoms with Crippen molar-refractivity contribution in [3.8, 4) is 22.3 Å². The lowest BCUT2D eigenvalue weighted by atomic mass is 9.82. The first-order valence-corrected chi connectivity index (χ1v) is 19.1. The predicted molar refractivity (Wildman–Crippen MR) is 224 cm³/mol. The van der Waals surface area contributed by atoms with Crippen molar-refractivity contribution in [1.29, 1.82) is 0 Å². The molecule has 7 aromatic rings. The van der Waals surface area contributed by atoms with E-state index in [4.69, 9.17) is 0 Å². The van der Waals surface area contributed by atoms with Gasteiger partial charge < -0.3 is 9.80 Å². The third-order valence-electron chi connectivity index (χ3n) is 12.0. The molecule has 0 spiro atoms. The summed E-state index contributed by atoms with van der Waals surface area (Å²) in [7, 11) is 0. The quantitative estimate of drug-likeness (QED) is 0.157. The van der Waals surface area contributed by atoms with E-state index in [2.05, 4.69) is 213 Å². The van der Waals surface area contributed by atoms with Crippen molar-refractivity contribution < 1.29 is 0 Å². The average molecular weight is 687 g/mol. The highest BCUT2D eigenvalue weighted by atomic mass is 15.2. The first-order chi connectivity index (χ1) is 25.9. The molecule has 0 saturated carbocycles. The van der Waals surface area contributed by atoms with Gasteiger partial charge in [-0.2, -0.15) is 0 Å². The highest BCUT2D eigenvalue weighted by Gasteiger charge is 2.38. The van der Waals surface area contributed by atoms with Gasteiger partial charge in [-0.15, -0.1) is 0 Å². The van der Waals surface area contributed by atoms with E-state index in [9.17, 15) is 0 Å². The molecule has 0 fully saturated rings. The van der Waals surface area contributed by atoms with Crippen LogP contribution in [0.4, 0.5) is 28.4 Å². The minimum atomic E-state index is -0.0785. The zero-order chi connectivity index (χ0) is 36.1. The van der Waals surface area contributed by atoms with Gasteiger partial charge >= 0.3 is 0 Å². The lowest BCUT2D eigenvalue weighted by Crippen LogP contribution is -2.27. The Bertz CT molecular complexity index is 2390. The van der Waals surface area contributed by atoms with E-state index in [1.54, 1.807) is 0 Å². The maximum Gasteiger partial charge on any atom is 0.0467 e. The highest BCUT2D eigenvalue weighted by molar-refractivity contribution is 5.86. The molecule has 0 amide bonds. The summed E-state index contributed by atoms with van der Waals surface area (Å²) in [5.41, 5.74) is 16.7. The van der Waals surface area contributed by atoms with Gasteiger partial charge in [0.05, 0.1) is 0 Å². The molecule has 3 atom stereocenters. The van der Waals surface area contributed by atoms with Crippen molar-refractivity contribution in [3.05, 3.63) is 198 Å². The number of hydrogen-bond acceptors (Lipinski definition) is 2. The van der Waals surface area contributed by atoms with Gasteiger partial charge in [0.2, 0.25) is 0 Å². The molecule has 53 heavy (non-hydrogen) atoms. The second-order valence-corrected chi connectivity index (χ2v) is 15.5. The summed E-state index contributed by atoms with van der Waals surface area (Å²) in [6, 6.07) is 65.3. The topological polar surface area (TPSA) is 6.48 Å². The summed E-state index contributed by atoms with van der Waals surface area (Å²) in [5, 5.41) is 0. The smallest absolute Gasteiger partial charge is 0.0467 e. The van der Waals surface area contributed by atoms with Crippen LogP contribution in [0.15, 0.2) is 176 Å². The Labute approximate surface area is 315 Å². The van der Waals surface area contributed by atoms with Crippen LogP contribution in [0.1, 0.15) is 68.2 Å². The van der Waals surface area contributed by atoms with E-state index in [1.807, 2.05) is 0 Å². The lowest BCUT2D eigenvalue weighted by Gasteiger charge is -2.29. The third-order valence-corrected chi connectivity index (χ3v) is 12.0. The van der Waals surface area contributed by atoms with Gasteiger partial charge in [0, 0.05) is 45.8 Å². The fourth-order valence-corrected chi connectivity index (χ4v) is 9.17. The van der Waals surface area contributed by atoms with E-state index < -0.39 is 0 Å². The third kappa shape index (κ3) is 5.74. The molecule has 1 aliphatic carbocycles. The molecule has 9 rings (SSSR count). The highest BCUT2D eigenvalue weighted by Crippen LogP contribution is 2.51. The molecule has 2 heteroatoms. The largest absolute Gasteiger partial charge is 0.338 e. The van der Waals surface area contributed by atoms with Crippen LogP contribution < -0.4 is 9.80 Å². The van der Waals surface area contributed by atoms with Crippen LogP contribution in [0, 0.1) is 0 Å². The molecule has 0 bridgehead atoms. The van der Waals surface area contributed by atoms with Gasteiger partial charge in [0.15, 0.2) is 0 Å². The second-order valence-electron chi connectivity index (χ2n) is 15.5. The van der Waals surface area contributed by atoms with E-state index in [0.29, 0.717) is 17.9 Å². The monoisotopic (exact) mass is 686 g/mol. The standard InChI is InChI=1S/C51H46N2/c1-35(32-47-36(2)52(40-19-9-6-10-20-40)50-25-14-12-23-46(47)50)37-26-28-41(29-27-37)53(42-21-15-18-39(33-42)38-16-7-5-8-17-38)43-30-31-45-44-22-11-13-24-48(44)51(3,4)49(45)34-43/h5-31,33-36,47H,32H2,1-4H3. The Balaban J connectivity index is 1.06. The van der Waals surface area contributed by atoms with Crippen LogP contribution in [0.2, 0.25) is 0 Å². The van der Waals surface area contributed by atoms with Crippen LogP contribution in [-0.4, -0.2) is 6.04 Å². The maximum atomic E-state index is 2.54. The maximum absolute atomic E-state index is 2.54. The van der Waals surface area contributed by atoms with Gasteiger partial charge in [-0.05, 0) is 118 Å². The van der Waals surface area contributed by atoms with Crippen LogP contribution >= 0.6 is 0 Å². The SMILES string of the molecule is CC(CC1c2ccccc2N(c2ccccc2)C1C)c1ccc(N(c2cccc(-c3ccccc3)c2)c2ccc3c(c2)C(C)(C)c2ccccc2-3)cc1. The van der Waals surface area contributed by atoms with Gasteiger partial charge in [-0.3, -0.25) is 0 Å². The molecule has 0 radical (unpaired) electrons. The van der Waals surface area contributed by atoms with E-state index in [1.165, 1.54) is 61.6 Å². The van der Waals surface area contributed by atoms with Crippen molar-refractivity contribution in [2.75, 3.05) is 9.80 Å². The zero-order valence-electron chi connectivity index (χ0n) is 31.1. The first-order valence-electron chi connectivity index (χ1n) is 19.1. The van der Waals surface area contributed by atoms with E-state index >= 15 is 0 Å². The Kier molecular flexibility index (Phi) is 8.27. The van der Waals surface area contributed by atoms with Crippen molar-refractivity contribution in [2.24, 2.45) is 0 Å². The number of nitrogens with zero attached hydrogens (tertiary/aromatic N) is 2. The lowest BCUT2D eigenvalue weighted by molar-refractivity contribution is 0.511. The summed E-state index contributed by atoms with van der Waals surface area (Å²) in [4.78, 5) is 4.97. The predicted octanol–water partition coefficient (Wildman–Crippen LogP) is 13.9. The number of para-hydroxylation sites is 2. The second kappa shape index (κ2) is 13.3. The van der Waals surface area contributed by atoms with Gasteiger partial charge in [0.25, 0.3) is 0 Å². The van der Waals surface area contributed by atoms with Crippen LogP contribution in [-0.2, 0) is 5.41 Å². The van der Waals surface area contributed by atoms with Gasteiger partial charge in [0.1, 0.15) is 0 Å². The van der Waals surface area contributed by atoms with Crippen LogP contribution in [0.25, 0.3) is 22.3 Å². The fourth-order valence-electron chi connectivity index (χ4n) is 9.17. The zero-order valence-corrected chi connectivity index (χ0v) is 31.1. The van der Waals surface area contributed by atoms with Crippen LogP contribution in [0.5, 0.6) is 0 Å². The summed E-state index contributed by atoms with van der Waals surface area (Å²) in [6.45, 7) is 9.52. The number of fused-ring (bicyclic) bond motifs is 4. The number of benzene rings is 7. The van der Waals surface area contributed by atoms with Crippen molar-refractivity contribution in [2.45, 2.75) is 57.4 Å². The van der Waals surface area contributed by atoms with Crippen molar-refractivity contribution >= 4 is 28.4 Å². The van der Waals surface area contributed by atoms with Gasteiger partial charge in [-0.1, -0.05) is 142 Å². The molecule has 7 aromatic carbocycles. The molecule has 1 aliphatic heterocycles. The molecule has 3 unspecified atom stereocenters. The Hall–Kier alpha value is -5.86. The first kappa shape index (κ1) is 33.0. The van der Waals surface area contributed by atoms with Crippen molar-refractivity contribution in [1.82, 2.24) is 0 Å². The molecule has 2 aliphatic rings. The normalized spacial score (nSPS) is 17.2. The molecule has 260 valence electrons. The Morgan fingerprint density at radius 1 is 0.566 bits per heavy atom. The molecule has 0 saturated heterocycles. The summed E-state index contributed by atoms with van der Waals surface area (Å²) in [6.07, 6.45) is 1.09. The Morgan fingerprint density at radius 2 is 1.19 bits per heavy atom. The molecule has 1 heterocycles. The molecular formula is C51H46N2. The fraction of sp³-hybridized carbons (Fsp3) is 0.176. The number of hydrogen-bond donors (Lipinski definition) is 0. The minimum absolute atomic E-state index is 0.0785. The summed E-state index contributed by atoms with van der Waals surface area (Å²) in [5.74, 6) is 0.839. The summed E-state index contributed by atoms with van der Waals surface area (Å²) >= 11 is 0. The summed E-state index contributed by atoms with van der Waals surface area (Å²) < 4.78 is 0. The van der Waals surface area contributed by atoms with Gasteiger partial charge in [-0.25, -0.2) is 0 Å². The minimum Gasteiger partial charge on any atom is -0.338 e. The van der Waals surface area contributed by atoms with Crippen LogP contribution in [0.3, 0.4) is 0 Å². The molecule has 0 N–H and O–H groups in total. The number of anilines is 5. The number of rotatable bonds is 8. The van der Waals surface area contributed by atoms with Crippen molar-refractivity contribution in [3.63, 3.8) is 0 Å². The average Bonchev–Trinajstić information content (AvgIpc) is 3.61. The Morgan fingerprint density at radius 3 is 1.98 bits per heavy atom. The van der Waals surface area contributed by atoms with E-state index in [-0.39, 0.29) is 5.41 Å². The van der Waals surface area contributed by atoms with E-state index in [0.717, 1.165) is 17.8 Å². The molecular weight excluding hydrogens is 641 g/mol.